The van der Waals surface area contributed by atoms with Crippen molar-refractivity contribution in [1.29, 1.82) is 0 Å². The maximum Gasteiger partial charge on any atom is 0.316 e. The summed E-state index contributed by atoms with van der Waals surface area (Å²) in [7, 11) is 0. The molecule has 2 atom stereocenters. The van der Waals surface area contributed by atoms with E-state index in [4.69, 9.17) is 14.9 Å². The van der Waals surface area contributed by atoms with Gasteiger partial charge in [-0.2, -0.15) is 0 Å². The molecule has 37 heavy (non-hydrogen) atoms. The van der Waals surface area contributed by atoms with Crippen molar-refractivity contribution < 1.29 is 19.7 Å². The van der Waals surface area contributed by atoms with E-state index in [-0.39, 0.29) is 12.6 Å². The van der Waals surface area contributed by atoms with Crippen LogP contribution in [0.15, 0.2) is 78.9 Å². The summed E-state index contributed by atoms with van der Waals surface area (Å²) in [6, 6.07) is 24.9. The van der Waals surface area contributed by atoms with Crippen molar-refractivity contribution in [3.63, 3.8) is 0 Å². The Morgan fingerprint density at radius 1 is 0.784 bits per heavy atom. The van der Waals surface area contributed by atoms with Crippen LogP contribution in [0.25, 0.3) is 0 Å². The van der Waals surface area contributed by atoms with Crippen LogP contribution in [0.4, 0.5) is 0 Å². The fourth-order valence-electron chi connectivity index (χ4n) is 3.11. The number of carbonyl (C=O) groups excluding carboxylic acids is 1. The first-order valence-corrected chi connectivity index (χ1v) is 13.3. The van der Waals surface area contributed by atoms with Crippen LogP contribution >= 0.6 is 0 Å². The third-order valence-electron chi connectivity index (χ3n) is 6.81. The van der Waals surface area contributed by atoms with E-state index in [0.29, 0.717) is 23.3 Å². The van der Waals surface area contributed by atoms with Gasteiger partial charge < -0.3 is 14.9 Å². The number of hydrogen-bond donors (Lipinski definition) is 2. The van der Waals surface area contributed by atoms with Crippen molar-refractivity contribution in [3.8, 4) is 11.5 Å². The Hall–Kier alpha value is -3.11. The van der Waals surface area contributed by atoms with Gasteiger partial charge in [0.2, 0.25) is 0 Å². The van der Waals surface area contributed by atoms with Gasteiger partial charge in [0.1, 0.15) is 11.5 Å². The Morgan fingerprint density at radius 3 is 1.70 bits per heavy atom. The van der Waals surface area contributed by atoms with Crippen LogP contribution < -0.4 is 4.74 Å². The standard InChI is InChI=1S/C13H18O3.C10H14O.C10H14/c1-4-13(2,3)12(15)16-11-7-5-10(9-14)6-8-11;1-3-8(2)9-4-6-10(11)7-5-9;1-3-9(2)10-7-5-4-6-8-10/h5-8,14H,4,9H2,1-3H3;4-8,11H,3H2,1-2H3;4-9H,3H2,1-2H3. The first-order valence-electron chi connectivity index (χ1n) is 13.3. The third kappa shape index (κ3) is 11.7. The van der Waals surface area contributed by atoms with Crippen LogP contribution in [-0.4, -0.2) is 16.2 Å². The summed E-state index contributed by atoms with van der Waals surface area (Å²) in [6.45, 7) is 14.5. The van der Waals surface area contributed by atoms with Crippen LogP contribution in [-0.2, 0) is 11.4 Å². The quantitative estimate of drug-likeness (QED) is 0.237. The highest BCUT2D eigenvalue weighted by Gasteiger charge is 2.27. The zero-order valence-corrected chi connectivity index (χ0v) is 23.7. The van der Waals surface area contributed by atoms with Gasteiger partial charge in [-0.3, -0.25) is 4.79 Å². The van der Waals surface area contributed by atoms with Gasteiger partial charge in [0, 0.05) is 0 Å². The smallest absolute Gasteiger partial charge is 0.316 e. The highest BCUT2D eigenvalue weighted by molar-refractivity contribution is 5.78. The van der Waals surface area contributed by atoms with Gasteiger partial charge in [-0.15, -0.1) is 0 Å². The van der Waals surface area contributed by atoms with Crippen LogP contribution in [0.3, 0.4) is 0 Å². The van der Waals surface area contributed by atoms with Crippen molar-refractivity contribution in [2.75, 3.05) is 0 Å². The second-order valence-corrected chi connectivity index (χ2v) is 10.0. The molecule has 0 aliphatic rings. The molecule has 0 fully saturated rings. The van der Waals surface area contributed by atoms with Crippen LogP contribution in [0, 0.1) is 5.41 Å². The molecule has 0 saturated carbocycles. The SMILES string of the molecule is CCC(C)(C)C(=O)Oc1ccc(CO)cc1.CCC(C)c1ccc(O)cc1.CCC(C)c1ccccc1. The number of benzene rings is 3. The van der Waals surface area contributed by atoms with Gasteiger partial charge in [0.15, 0.2) is 0 Å². The highest BCUT2D eigenvalue weighted by Crippen LogP contribution is 2.24. The molecule has 0 spiro atoms. The fraction of sp³-hybridized carbons (Fsp3) is 0.424. The second-order valence-electron chi connectivity index (χ2n) is 10.0. The van der Waals surface area contributed by atoms with Gasteiger partial charge in [-0.05, 0) is 85.9 Å². The molecular weight excluding hydrogens is 460 g/mol. The van der Waals surface area contributed by atoms with E-state index in [9.17, 15) is 4.79 Å². The van der Waals surface area contributed by atoms with E-state index < -0.39 is 5.41 Å². The number of aliphatic hydroxyl groups is 1. The van der Waals surface area contributed by atoms with Crippen molar-refractivity contribution in [1.82, 2.24) is 0 Å². The normalized spacial score (nSPS) is 12.2. The van der Waals surface area contributed by atoms with Gasteiger partial charge in [0.25, 0.3) is 0 Å². The molecule has 4 heteroatoms. The van der Waals surface area contributed by atoms with Crippen molar-refractivity contribution in [3.05, 3.63) is 95.6 Å². The first-order chi connectivity index (χ1) is 17.6. The van der Waals surface area contributed by atoms with E-state index in [1.54, 1.807) is 36.4 Å². The molecule has 0 radical (unpaired) electrons. The molecule has 3 aromatic carbocycles. The van der Waals surface area contributed by atoms with Crippen molar-refractivity contribution in [2.45, 2.75) is 86.2 Å². The highest BCUT2D eigenvalue weighted by atomic mass is 16.5. The van der Waals surface area contributed by atoms with Crippen LogP contribution in [0.2, 0.25) is 0 Å². The van der Waals surface area contributed by atoms with Crippen LogP contribution in [0.5, 0.6) is 11.5 Å². The Balaban J connectivity index is 0.000000288. The summed E-state index contributed by atoms with van der Waals surface area (Å²) in [5.41, 5.74) is 3.08. The molecule has 0 bridgehead atoms. The first kappa shape index (κ1) is 31.9. The molecule has 2 unspecified atom stereocenters. The van der Waals surface area contributed by atoms with E-state index in [1.165, 1.54) is 17.5 Å². The number of phenols is 1. The largest absolute Gasteiger partial charge is 0.508 e. The summed E-state index contributed by atoms with van der Waals surface area (Å²) in [4.78, 5) is 11.7. The number of esters is 1. The zero-order chi connectivity index (χ0) is 27.8. The average Bonchev–Trinajstić information content (AvgIpc) is 2.94. The lowest BCUT2D eigenvalue weighted by molar-refractivity contribution is -0.144. The van der Waals surface area contributed by atoms with E-state index in [0.717, 1.165) is 18.4 Å². The van der Waals surface area contributed by atoms with Gasteiger partial charge in [-0.25, -0.2) is 0 Å². The summed E-state index contributed by atoms with van der Waals surface area (Å²) in [6.07, 6.45) is 3.11. The molecule has 0 aromatic heterocycles. The van der Waals surface area contributed by atoms with E-state index in [2.05, 4.69) is 58.0 Å². The molecule has 0 saturated heterocycles. The molecule has 0 aliphatic carbocycles. The van der Waals surface area contributed by atoms with Crippen LogP contribution in [0.1, 0.15) is 96.3 Å². The number of aromatic hydroxyl groups is 1. The van der Waals surface area contributed by atoms with Crippen molar-refractivity contribution in [2.24, 2.45) is 5.41 Å². The van der Waals surface area contributed by atoms with Gasteiger partial charge in [-0.1, -0.05) is 89.2 Å². The second kappa shape index (κ2) is 16.6. The molecule has 0 amide bonds. The summed E-state index contributed by atoms with van der Waals surface area (Å²) in [5, 5.41) is 17.9. The van der Waals surface area contributed by atoms with Gasteiger partial charge >= 0.3 is 5.97 Å². The fourth-order valence-corrected chi connectivity index (χ4v) is 3.11. The Kier molecular flexibility index (Phi) is 14.3. The molecule has 202 valence electrons. The van der Waals surface area contributed by atoms with Gasteiger partial charge in [0.05, 0.1) is 12.0 Å². The Bertz CT molecular complexity index is 1010. The minimum Gasteiger partial charge on any atom is -0.508 e. The zero-order valence-electron chi connectivity index (χ0n) is 23.7. The van der Waals surface area contributed by atoms with E-state index in [1.807, 2.05) is 32.9 Å². The molecule has 3 rings (SSSR count). The molecular formula is C33H46O4. The lowest BCUT2D eigenvalue weighted by Crippen LogP contribution is -2.28. The number of carbonyl (C=O) groups is 1. The maximum absolute atomic E-state index is 11.7. The maximum atomic E-state index is 11.7. The summed E-state index contributed by atoms with van der Waals surface area (Å²) >= 11 is 0. The molecule has 0 aliphatic heterocycles. The third-order valence-corrected chi connectivity index (χ3v) is 6.81. The number of ether oxygens (including phenoxy) is 1. The molecule has 0 heterocycles. The number of hydrogen-bond acceptors (Lipinski definition) is 4. The lowest BCUT2D eigenvalue weighted by Gasteiger charge is -2.20. The van der Waals surface area contributed by atoms with Crippen molar-refractivity contribution >= 4 is 5.97 Å². The summed E-state index contributed by atoms with van der Waals surface area (Å²) < 4.78 is 5.25. The molecule has 3 aromatic rings. The number of phenolic OH excluding ortho intramolecular Hbond substituents is 1. The minimum atomic E-state index is -0.463. The number of aliphatic hydroxyl groups excluding tert-OH is 1. The minimum absolute atomic E-state index is 0.00528. The lowest BCUT2D eigenvalue weighted by atomic mass is 9.91. The molecule has 4 nitrogen and oxygen atoms in total. The predicted molar refractivity (Wildman–Crippen MR) is 154 cm³/mol. The average molecular weight is 507 g/mol. The van der Waals surface area contributed by atoms with E-state index >= 15 is 0 Å². The topological polar surface area (TPSA) is 66.8 Å². The summed E-state index contributed by atoms with van der Waals surface area (Å²) in [5.74, 6) is 1.93. The monoisotopic (exact) mass is 506 g/mol. The Labute approximate surface area is 224 Å². The number of rotatable bonds is 8. The molecule has 2 N–H and O–H groups in total. The Morgan fingerprint density at radius 2 is 1.27 bits per heavy atom. The predicted octanol–water partition coefficient (Wildman–Crippen LogP) is 8.63.